The van der Waals surface area contributed by atoms with Crippen LogP contribution in [0.4, 0.5) is 0 Å². The van der Waals surface area contributed by atoms with Crippen molar-refractivity contribution in [1.82, 2.24) is 19.0 Å². The number of hydrogen-bond donors (Lipinski definition) is 0. The van der Waals surface area contributed by atoms with Gasteiger partial charge in [-0.15, -0.1) is 0 Å². The number of piperidine rings is 1. The lowest BCUT2D eigenvalue weighted by molar-refractivity contribution is 0.0696. The number of carbonyl (C=O) groups is 1. The summed E-state index contributed by atoms with van der Waals surface area (Å²) in [4.78, 5) is 21.0. The summed E-state index contributed by atoms with van der Waals surface area (Å²) in [7, 11) is 3.72. The molecule has 3 atom stereocenters. The number of nitrogens with zero attached hydrogens (tertiary/aromatic N) is 4. The van der Waals surface area contributed by atoms with Gasteiger partial charge in [-0.25, -0.2) is 4.98 Å². The molecule has 7 heteroatoms. The molecular weight excluding hydrogens is 500 g/mol. The van der Waals surface area contributed by atoms with E-state index in [1.54, 1.807) is 13.4 Å². The number of methoxy groups -OCH3 is 1. The number of fused-ring (bicyclic) bond motifs is 4. The minimum atomic E-state index is 0.0963. The highest BCUT2D eigenvalue weighted by Crippen LogP contribution is 2.44. The number of imidazole rings is 1. The summed E-state index contributed by atoms with van der Waals surface area (Å²) >= 11 is 0. The first kappa shape index (κ1) is 23.9. The van der Waals surface area contributed by atoms with Gasteiger partial charge in [-0.3, -0.25) is 4.79 Å². The van der Waals surface area contributed by atoms with Crippen LogP contribution in [0.3, 0.4) is 0 Å². The molecule has 0 radical (unpaired) electrons. The number of amides is 1. The number of rotatable bonds is 6. The van der Waals surface area contributed by atoms with Gasteiger partial charge in [-0.05, 0) is 67.7 Å². The fraction of sp³-hybridized carbons (Fsp3) is 0.394. The molecule has 3 fully saturated rings. The first-order valence-corrected chi connectivity index (χ1v) is 14.5. The van der Waals surface area contributed by atoms with Crippen LogP contribution in [0.1, 0.15) is 43.0 Å². The van der Waals surface area contributed by atoms with Crippen molar-refractivity contribution >= 4 is 27.8 Å². The summed E-state index contributed by atoms with van der Waals surface area (Å²) in [6.45, 7) is 4.11. The maximum Gasteiger partial charge on any atom is 0.254 e. The highest BCUT2D eigenvalue weighted by molar-refractivity contribution is 6.01. The molecule has 1 aliphatic heterocycles. The summed E-state index contributed by atoms with van der Waals surface area (Å²) in [5, 5.41) is 1.18. The standard InChI is InChI=1S/C33H34N4O3/c1-19-22-9-10-27(19)37(17-22)33(38)24-13-26-31(29(15-24)39-3)35(2)32(34-26)28-14-21-5-4-6-25(23-11-12-40-18-23)30(21)36(28)16-20-7-8-20/h4-6,11-15,18-20,22,27H,7-10,16-17H2,1-3H3/t19-,22?,27?/m1/s1. The maximum atomic E-state index is 13.7. The van der Waals surface area contributed by atoms with Crippen molar-refractivity contribution in [2.45, 2.75) is 45.2 Å². The average molecular weight is 535 g/mol. The van der Waals surface area contributed by atoms with Crippen LogP contribution in [-0.2, 0) is 13.6 Å². The number of hydrogen-bond acceptors (Lipinski definition) is 4. The zero-order valence-electron chi connectivity index (χ0n) is 23.3. The monoisotopic (exact) mass is 534 g/mol. The van der Waals surface area contributed by atoms with Crippen LogP contribution in [0, 0.1) is 17.8 Å². The van der Waals surface area contributed by atoms with E-state index in [0.717, 1.165) is 53.2 Å². The van der Waals surface area contributed by atoms with E-state index >= 15 is 0 Å². The lowest BCUT2D eigenvalue weighted by Crippen LogP contribution is -2.38. The van der Waals surface area contributed by atoms with Crippen molar-refractivity contribution in [2.24, 2.45) is 24.8 Å². The maximum absolute atomic E-state index is 13.7. The molecule has 3 aliphatic rings. The Labute approximate surface area is 233 Å². The lowest BCUT2D eigenvalue weighted by Gasteiger charge is -2.27. The van der Waals surface area contributed by atoms with Crippen LogP contribution in [0.5, 0.6) is 5.75 Å². The second-order valence-electron chi connectivity index (χ2n) is 12.1. The fourth-order valence-electron chi connectivity index (χ4n) is 7.44. The molecule has 2 unspecified atom stereocenters. The minimum Gasteiger partial charge on any atom is -0.494 e. The van der Waals surface area contributed by atoms with Gasteiger partial charge < -0.3 is 23.2 Å². The van der Waals surface area contributed by atoms with E-state index < -0.39 is 0 Å². The number of aryl methyl sites for hydroxylation is 1. The Morgan fingerprint density at radius 2 is 1.98 bits per heavy atom. The second-order valence-corrected chi connectivity index (χ2v) is 12.1. The summed E-state index contributed by atoms with van der Waals surface area (Å²) in [6, 6.07) is 14.9. The molecule has 2 aliphatic carbocycles. The van der Waals surface area contributed by atoms with Crippen LogP contribution in [0.25, 0.3) is 44.6 Å². The summed E-state index contributed by atoms with van der Waals surface area (Å²) in [6.07, 6.45) is 8.40. The Bertz CT molecular complexity index is 1770. The molecule has 204 valence electrons. The number of ether oxygens (including phenoxy) is 1. The lowest BCUT2D eigenvalue weighted by atomic mass is 10.0. The minimum absolute atomic E-state index is 0.0963. The SMILES string of the molecule is COc1cc(C(=O)N2CC3CCC2[C@@H]3C)cc2nc(-c3cc4cccc(-c5ccoc5)c4n3CC3CC3)n(C)c12. The third kappa shape index (κ3) is 3.49. The Morgan fingerprint density at radius 3 is 2.67 bits per heavy atom. The molecule has 1 amide bonds. The molecule has 2 aromatic carbocycles. The van der Waals surface area contributed by atoms with Crippen LogP contribution in [-0.4, -0.2) is 44.6 Å². The molecular formula is C33H34N4O3. The Morgan fingerprint density at radius 1 is 1.10 bits per heavy atom. The molecule has 0 spiro atoms. The molecule has 5 aromatic rings. The number of benzene rings is 2. The molecule has 7 nitrogen and oxygen atoms in total. The van der Waals surface area contributed by atoms with Gasteiger partial charge in [0.1, 0.15) is 11.3 Å². The van der Waals surface area contributed by atoms with Gasteiger partial charge in [0.2, 0.25) is 0 Å². The van der Waals surface area contributed by atoms with E-state index in [9.17, 15) is 4.79 Å². The third-order valence-corrected chi connectivity index (χ3v) is 9.80. The van der Waals surface area contributed by atoms with E-state index in [4.69, 9.17) is 14.1 Å². The largest absolute Gasteiger partial charge is 0.494 e. The fourth-order valence-corrected chi connectivity index (χ4v) is 7.44. The van der Waals surface area contributed by atoms with E-state index in [2.05, 4.69) is 45.2 Å². The summed E-state index contributed by atoms with van der Waals surface area (Å²) < 4.78 is 15.9. The normalized spacial score (nSPS) is 22.2. The number of furan rings is 1. The zero-order chi connectivity index (χ0) is 27.1. The van der Waals surface area contributed by atoms with E-state index in [1.807, 2.05) is 31.5 Å². The van der Waals surface area contributed by atoms with Crippen molar-refractivity contribution in [3.05, 3.63) is 60.6 Å². The topological polar surface area (TPSA) is 65.4 Å². The Kier molecular flexibility index (Phi) is 5.22. The van der Waals surface area contributed by atoms with Crippen molar-refractivity contribution in [1.29, 1.82) is 0 Å². The highest BCUT2D eigenvalue weighted by Gasteiger charge is 2.46. The van der Waals surface area contributed by atoms with Crippen molar-refractivity contribution < 1.29 is 13.9 Å². The quantitative estimate of drug-likeness (QED) is 0.242. The van der Waals surface area contributed by atoms with Crippen LogP contribution >= 0.6 is 0 Å². The molecule has 3 aromatic heterocycles. The predicted octanol–water partition coefficient (Wildman–Crippen LogP) is 6.74. The summed E-state index contributed by atoms with van der Waals surface area (Å²) in [5.74, 6) is 3.54. The van der Waals surface area contributed by atoms with Gasteiger partial charge in [0, 0.05) is 48.3 Å². The predicted molar refractivity (Wildman–Crippen MR) is 155 cm³/mol. The van der Waals surface area contributed by atoms with Gasteiger partial charge in [0.25, 0.3) is 5.91 Å². The number of para-hydroxylation sites is 1. The number of carbonyl (C=O) groups excluding carboxylic acids is 1. The van der Waals surface area contributed by atoms with Crippen molar-refractivity contribution in [3.63, 3.8) is 0 Å². The zero-order valence-corrected chi connectivity index (χ0v) is 23.3. The molecule has 8 rings (SSSR count). The average Bonchev–Trinajstić information content (AvgIpc) is 3.35. The number of likely N-dealkylation sites (tertiary alicyclic amines) is 1. The molecule has 4 heterocycles. The van der Waals surface area contributed by atoms with Gasteiger partial charge >= 0.3 is 0 Å². The van der Waals surface area contributed by atoms with Crippen LogP contribution in [0.2, 0.25) is 0 Å². The third-order valence-electron chi connectivity index (χ3n) is 9.80. The Hall–Kier alpha value is -4.00. The first-order valence-electron chi connectivity index (χ1n) is 14.5. The molecule has 2 saturated carbocycles. The molecule has 1 saturated heterocycles. The van der Waals surface area contributed by atoms with Gasteiger partial charge in [0.15, 0.2) is 5.82 Å². The van der Waals surface area contributed by atoms with E-state index in [0.29, 0.717) is 35.1 Å². The second kappa shape index (κ2) is 8.75. The smallest absolute Gasteiger partial charge is 0.254 e. The molecule has 2 bridgehead atoms. The number of aromatic nitrogens is 3. The summed E-state index contributed by atoms with van der Waals surface area (Å²) in [5.41, 5.74) is 6.88. The van der Waals surface area contributed by atoms with Gasteiger partial charge in [-0.1, -0.05) is 25.1 Å². The Balaban J connectivity index is 1.28. The van der Waals surface area contributed by atoms with E-state index in [-0.39, 0.29) is 5.91 Å². The first-order chi connectivity index (χ1) is 19.5. The van der Waals surface area contributed by atoms with Gasteiger partial charge in [-0.2, -0.15) is 0 Å². The van der Waals surface area contributed by atoms with E-state index in [1.165, 1.54) is 30.2 Å². The highest BCUT2D eigenvalue weighted by atomic mass is 16.5. The van der Waals surface area contributed by atoms with Crippen molar-refractivity contribution in [3.8, 4) is 28.4 Å². The van der Waals surface area contributed by atoms with Crippen LogP contribution in [0.15, 0.2) is 59.4 Å². The van der Waals surface area contributed by atoms with Crippen molar-refractivity contribution in [2.75, 3.05) is 13.7 Å². The molecule has 0 N–H and O–H groups in total. The van der Waals surface area contributed by atoms with Crippen LogP contribution < -0.4 is 4.74 Å². The molecule has 40 heavy (non-hydrogen) atoms. The van der Waals surface area contributed by atoms with Gasteiger partial charge in [0.05, 0.1) is 36.4 Å².